The second-order valence-corrected chi connectivity index (χ2v) is 7.94. The molecule has 1 atom stereocenters. The summed E-state index contributed by atoms with van der Waals surface area (Å²) in [7, 11) is 1.56. The van der Waals surface area contributed by atoms with Crippen LogP contribution >= 0.6 is 0 Å². The highest BCUT2D eigenvalue weighted by Gasteiger charge is 2.30. The molecule has 1 unspecified atom stereocenters. The summed E-state index contributed by atoms with van der Waals surface area (Å²) < 4.78 is 20.0. The third-order valence-corrected chi connectivity index (χ3v) is 6.03. The molecule has 2 fully saturated rings. The first-order valence-electron chi connectivity index (χ1n) is 10.5. The Hall–Kier alpha value is -2.47. The lowest BCUT2D eigenvalue weighted by Crippen LogP contribution is -2.49. The largest absolute Gasteiger partial charge is 0.481 e. The van der Waals surface area contributed by atoms with Crippen LogP contribution in [0.2, 0.25) is 0 Å². The molecule has 1 aromatic carbocycles. The van der Waals surface area contributed by atoms with Crippen LogP contribution in [0, 0.1) is 5.82 Å². The average Bonchev–Trinajstić information content (AvgIpc) is 3.27. The van der Waals surface area contributed by atoms with Gasteiger partial charge in [-0.3, -0.25) is 4.79 Å². The first-order valence-corrected chi connectivity index (χ1v) is 10.5. The smallest absolute Gasteiger partial charge is 0.257 e. The number of ether oxygens (including phenoxy) is 1. The van der Waals surface area contributed by atoms with Crippen LogP contribution in [-0.2, 0) is 0 Å². The van der Waals surface area contributed by atoms with Gasteiger partial charge in [0.1, 0.15) is 5.82 Å². The van der Waals surface area contributed by atoms with E-state index in [1.807, 2.05) is 11.0 Å². The molecule has 2 aliphatic heterocycles. The van der Waals surface area contributed by atoms with E-state index in [4.69, 9.17) is 4.74 Å². The molecule has 4 rings (SSSR count). The van der Waals surface area contributed by atoms with Crippen molar-refractivity contribution in [3.8, 4) is 17.0 Å². The van der Waals surface area contributed by atoms with Gasteiger partial charge in [0.05, 0.1) is 12.7 Å². The minimum Gasteiger partial charge on any atom is -0.481 e. The molecule has 0 radical (unpaired) electrons. The van der Waals surface area contributed by atoms with Gasteiger partial charge in [0.25, 0.3) is 5.91 Å². The number of carbonyl (C=O) groups is 1. The second kappa shape index (κ2) is 8.91. The van der Waals surface area contributed by atoms with Gasteiger partial charge in [0.2, 0.25) is 5.88 Å². The number of piperidine rings is 1. The number of hydrogen-bond donors (Lipinski definition) is 0. The Morgan fingerprint density at radius 1 is 1.10 bits per heavy atom. The fourth-order valence-electron chi connectivity index (χ4n) is 4.42. The van der Waals surface area contributed by atoms with E-state index in [0.717, 1.165) is 44.5 Å². The summed E-state index contributed by atoms with van der Waals surface area (Å²) in [6, 6.07) is 8.58. The molecular weight excluding hydrogens is 369 g/mol. The lowest BCUT2D eigenvalue weighted by Gasteiger charge is -2.38. The normalized spacial score (nSPS) is 20.1. The van der Waals surface area contributed by atoms with Gasteiger partial charge < -0.3 is 14.5 Å². The molecule has 1 aromatic heterocycles. The van der Waals surface area contributed by atoms with Crippen molar-refractivity contribution in [3.05, 3.63) is 47.9 Å². The van der Waals surface area contributed by atoms with E-state index in [-0.39, 0.29) is 17.5 Å². The number of pyridine rings is 1. The molecule has 29 heavy (non-hydrogen) atoms. The summed E-state index contributed by atoms with van der Waals surface area (Å²) >= 11 is 0. The molecule has 0 bridgehead atoms. The summed E-state index contributed by atoms with van der Waals surface area (Å²) in [5.41, 5.74) is 1.64. The predicted molar refractivity (Wildman–Crippen MR) is 111 cm³/mol. The van der Waals surface area contributed by atoms with E-state index in [1.54, 1.807) is 31.5 Å². The number of methoxy groups -OCH3 is 1. The Labute approximate surface area is 171 Å². The van der Waals surface area contributed by atoms with Crippen molar-refractivity contribution in [1.29, 1.82) is 0 Å². The minimum atomic E-state index is -0.478. The van der Waals surface area contributed by atoms with Crippen molar-refractivity contribution in [1.82, 2.24) is 14.8 Å². The Morgan fingerprint density at radius 2 is 1.86 bits per heavy atom. The van der Waals surface area contributed by atoms with Crippen LogP contribution in [0.3, 0.4) is 0 Å². The van der Waals surface area contributed by atoms with Crippen LogP contribution < -0.4 is 4.74 Å². The summed E-state index contributed by atoms with van der Waals surface area (Å²) in [6.45, 7) is 3.83. The molecule has 6 heteroatoms. The van der Waals surface area contributed by atoms with Gasteiger partial charge in [0, 0.05) is 37.0 Å². The van der Waals surface area contributed by atoms with Crippen LogP contribution in [0.1, 0.15) is 42.5 Å². The van der Waals surface area contributed by atoms with Gasteiger partial charge in [-0.2, -0.15) is 0 Å². The zero-order chi connectivity index (χ0) is 20.2. The molecule has 5 nitrogen and oxygen atoms in total. The number of rotatable bonds is 5. The first-order chi connectivity index (χ1) is 14.2. The zero-order valence-electron chi connectivity index (χ0n) is 16.9. The van der Waals surface area contributed by atoms with Crippen molar-refractivity contribution >= 4 is 5.91 Å². The molecule has 1 amide bonds. The van der Waals surface area contributed by atoms with Crippen LogP contribution in [0.5, 0.6) is 5.88 Å². The van der Waals surface area contributed by atoms with E-state index in [0.29, 0.717) is 18.0 Å². The van der Waals surface area contributed by atoms with Crippen molar-refractivity contribution < 1.29 is 13.9 Å². The topological polar surface area (TPSA) is 45.7 Å². The fraction of sp³-hybridized carbons (Fsp3) is 0.478. The second-order valence-electron chi connectivity index (χ2n) is 7.94. The Balaban J connectivity index is 1.52. The molecule has 154 valence electrons. The van der Waals surface area contributed by atoms with Crippen molar-refractivity contribution in [2.75, 3.05) is 33.3 Å². The van der Waals surface area contributed by atoms with Gasteiger partial charge in [0.15, 0.2) is 0 Å². The highest BCUT2D eigenvalue weighted by atomic mass is 19.1. The number of aromatic nitrogens is 1. The lowest BCUT2D eigenvalue weighted by atomic mass is 9.99. The number of amides is 1. The molecule has 3 heterocycles. The summed E-state index contributed by atoms with van der Waals surface area (Å²) in [6.07, 6.45) is 7.23. The number of carbonyl (C=O) groups excluding carboxylic acids is 1. The van der Waals surface area contributed by atoms with Gasteiger partial charge in [-0.15, -0.1) is 0 Å². The van der Waals surface area contributed by atoms with E-state index in [9.17, 15) is 9.18 Å². The van der Waals surface area contributed by atoms with Crippen LogP contribution in [0.4, 0.5) is 4.39 Å². The van der Waals surface area contributed by atoms with Crippen LogP contribution in [-0.4, -0.2) is 60.0 Å². The molecule has 2 aromatic rings. The van der Waals surface area contributed by atoms with Crippen LogP contribution in [0.15, 0.2) is 36.5 Å². The Morgan fingerprint density at radius 3 is 2.55 bits per heavy atom. The summed E-state index contributed by atoms with van der Waals surface area (Å²) in [4.78, 5) is 21.7. The maximum absolute atomic E-state index is 14.9. The highest BCUT2D eigenvalue weighted by Crippen LogP contribution is 2.26. The molecule has 0 N–H and O–H groups in total. The van der Waals surface area contributed by atoms with E-state index >= 15 is 0 Å². The van der Waals surface area contributed by atoms with Crippen molar-refractivity contribution in [2.24, 2.45) is 0 Å². The third-order valence-electron chi connectivity index (χ3n) is 6.03. The monoisotopic (exact) mass is 397 g/mol. The molecule has 0 aliphatic carbocycles. The van der Waals surface area contributed by atoms with Crippen LogP contribution in [0.25, 0.3) is 11.1 Å². The SMILES string of the molecule is COc1ccc(-c2ccc(C(=O)N3CCCCC3CN3CCCC3)c(F)c2)cn1. The maximum atomic E-state index is 14.9. The highest BCUT2D eigenvalue weighted by molar-refractivity contribution is 5.95. The maximum Gasteiger partial charge on any atom is 0.257 e. The quantitative estimate of drug-likeness (QED) is 0.765. The standard InChI is InChI=1S/C23H28FN3O2/c1-29-22-10-8-18(15-25-22)17-7-9-20(21(24)14-17)23(28)27-13-3-2-6-19(27)16-26-11-4-5-12-26/h7-10,14-15,19H,2-6,11-13,16H2,1H3. The fourth-order valence-corrected chi connectivity index (χ4v) is 4.42. The number of benzene rings is 1. The van der Waals surface area contributed by atoms with Crippen molar-refractivity contribution in [2.45, 2.75) is 38.1 Å². The van der Waals surface area contributed by atoms with E-state index in [2.05, 4.69) is 9.88 Å². The summed E-state index contributed by atoms with van der Waals surface area (Å²) in [5, 5.41) is 0. The number of halogens is 1. The van der Waals surface area contributed by atoms with Gasteiger partial charge in [-0.05, 0) is 69.0 Å². The third kappa shape index (κ3) is 4.42. The van der Waals surface area contributed by atoms with Gasteiger partial charge in [-0.1, -0.05) is 6.07 Å². The molecule has 0 saturated carbocycles. The van der Waals surface area contributed by atoms with E-state index in [1.165, 1.54) is 18.9 Å². The Kier molecular flexibility index (Phi) is 6.09. The van der Waals surface area contributed by atoms with E-state index < -0.39 is 5.82 Å². The zero-order valence-corrected chi connectivity index (χ0v) is 16.9. The molecule has 2 saturated heterocycles. The summed E-state index contributed by atoms with van der Waals surface area (Å²) in [5.74, 6) is -0.158. The predicted octanol–water partition coefficient (Wildman–Crippen LogP) is 3.99. The molecule has 0 spiro atoms. The minimum absolute atomic E-state index is 0.156. The average molecular weight is 397 g/mol. The molecular formula is C23H28FN3O2. The molecule has 2 aliphatic rings. The number of likely N-dealkylation sites (tertiary alicyclic amines) is 2. The van der Waals surface area contributed by atoms with Crippen molar-refractivity contribution in [3.63, 3.8) is 0 Å². The van der Waals surface area contributed by atoms with Gasteiger partial charge in [-0.25, -0.2) is 9.37 Å². The first kappa shape index (κ1) is 19.8. The number of hydrogen-bond acceptors (Lipinski definition) is 4. The van der Waals surface area contributed by atoms with Gasteiger partial charge >= 0.3 is 0 Å². The lowest BCUT2D eigenvalue weighted by molar-refractivity contribution is 0.0556. The Bertz CT molecular complexity index is 850. The number of nitrogens with zero attached hydrogens (tertiary/aromatic N) is 3.